The van der Waals surface area contributed by atoms with E-state index < -0.39 is 0 Å². The van der Waals surface area contributed by atoms with E-state index in [4.69, 9.17) is 10.6 Å². The van der Waals surface area contributed by atoms with Crippen LogP contribution >= 0.6 is 0 Å². The number of nitrogens with zero attached hydrogens (tertiary/aromatic N) is 1. The van der Waals surface area contributed by atoms with Gasteiger partial charge in [-0.1, -0.05) is 0 Å². The number of aryl methyl sites for hydroxylation is 1. The second-order valence-corrected chi connectivity index (χ2v) is 3.46. The number of rotatable bonds is 4. The number of ether oxygens (including phenoxy) is 1. The Morgan fingerprint density at radius 1 is 1.56 bits per heavy atom. The number of carbonyl (C=O) groups excluding carboxylic acids is 1. The first-order valence-corrected chi connectivity index (χ1v) is 4.88. The Bertz CT molecular complexity index is 380. The molecule has 0 aliphatic rings. The minimum absolute atomic E-state index is 0.202. The van der Waals surface area contributed by atoms with Gasteiger partial charge in [0.15, 0.2) is 0 Å². The van der Waals surface area contributed by atoms with Crippen molar-refractivity contribution in [3.8, 4) is 5.75 Å². The molecule has 0 fully saturated rings. The Kier molecular flexibility index (Phi) is 4.25. The normalized spacial score (nSPS) is 10.0. The fourth-order valence-corrected chi connectivity index (χ4v) is 1.36. The highest BCUT2D eigenvalue weighted by atomic mass is 19.1. The van der Waals surface area contributed by atoms with Crippen molar-refractivity contribution in [2.75, 3.05) is 14.2 Å². The smallest absolute Gasteiger partial charge is 0.236 e. The molecule has 0 radical (unpaired) electrons. The van der Waals surface area contributed by atoms with Gasteiger partial charge in [0.1, 0.15) is 11.6 Å². The van der Waals surface area contributed by atoms with Crippen LogP contribution in [0.25, 0.3) is 0 Å². The molecule has 0 atom stereocenters. The molecule has 1 rings (SSSR count). The molecule has 0 aromatic heterocycles. The molecule has 1 aromatic rings. The molecule has 0 spiro atoms. The zero-order valence-electron chi connectivity index (χ0n) is 9.37. The monoisotopic (exact) mass is 226 g/mol. The van der Waals surface area contributed by atoms with Gasteiger partial charge in [-0.15, -0.1) is 0 Å². The predicted molar refractivity (Wildman–Crippen MR) is 58.2 cm³/mol. The first-order valence-electron chi connectivity index (χ1n) is 4.88. The number of hydrogen-bond acceptors (Lipinski definition) is 3. The van der Waals surface area contributed by atoms with Crippen LogP contribution in [0.4, 0.5) is 4.39 Å². The van der Waals surface area contributed by atoms with Gasteiger partial charge in [-0.25, -0.2) is 10.2 Å². The summed E-state index contributed by atoms with van der Waals surface area (Å²) in [5.74, 6) is 5.31. The molecule has 16 heavy (non-hydrogen) atoms. The van der Waals surface area contributed by atoms with Crippen molar-refractivity contribution < 1.29 is 13.9 Å². The van der Waals surface area contributed by atoms with E-state index in [0.717, 1.165) is 5.01 Å². The maximum absolute atomic E-state index is 13.0. The van der Waals surface area contributed by atoms with Crippen molar-refractivity contribution in [3.05, 3.63) is 29.6 Å². The topological polar surface area (TPSA) is 55.6 Å². The Balaban J connectivity index is 2.72. The number of methoxy groups -OCH3 is 1. The summed E-state index contributed by atoms with van der Waals surface area (Å²) in [7, 11) is 2.98. The molecule has 0 saturated carbocycles. The summed E-state index contributed by atoms with van der Waals surface area (Å²) < 4.78 is 18.1. The van der Waals surface area contributed by atoms with Gasteiger partial charge in [0.25, 0.3) is 0 Å². The van der Waals surface area contributed by atoms with E-state index in [9.17, 15) is 9.18 Å². The molecule has 88 valence electrons. The lowest BCUT2D eigenvalue weighted by molar-refractivity contribution is -0.130. The molecule has 1 amide bonds. The van der Waals surface area contributed by atoms with Gasteiger partial charge in [-0.3, -0.25) is 9.80 Å². The summed E-state index contributed by atoms with van der Waals surface area (Å²) in [6.45, 7) is 0. The molecule has 5 heteroatoms. The third-order valence-corrected chi connectivity index (χ3v) is 2.24. The van der Waals surface area contributed by atoms with Gasteiger partial charge >= 0.3 is 0 Å². The lowest BCUT2D eigenvalue weighted by Crippen LogP contribution is -2.33. The van der Waals surface area contributed by atoms with Crippen LogP contribution in [0.2, 0.25) is 0 Å². The Morgan fingerprint density at radius 3 is 2.81 bits per heavy atom. The van der Waals surface area contributed by atoms with Crippen LogP contribution in [0.15, 0.2) is 18.2 Å². The fraction of sp³-hybridized carbons (Fsp3) is 0.364. The first kappa shape index (κ1) is 12.4. The van der Waals surface area contributed by atoms with E-state index in [-0.39, 0.29) is 18.1 Å². The molecule has 0 aliphatic heterocycles. The Morgan fingerprint density at radius 2 is 2.25 bits per heavy atom. The number of amides is 1. The Labute approximate surface area is 93.8 Å². The molecular formula is C11H15FN2O2. The molecule has 2 N–H and O–H groups in total. The zero-order chi connectivity index (χ0) is 12.1. The fourth-order valence-electron chi connectivity index (χ4n) is 1.36. The van der Waals surface area contributed by atoms with E-state index in [0.29, 0.717) is 17.7 Å². The first-order chi connectivity index (χ1) is 7.54. The molecule has 0 unspecified atom stereocenters. The van der Waals surface area contributed by atoms with Crippen molar-refractivity contribution in [1.82, 2.24) is 5.01 Å². The number of benzene rings is 1. The van der Waals surface area contributed by atoms with Crippen molar-refractivity contribution in [2.45, 2.75) is 12.8 Å². The van der Waals surface area contributed by atoms with Crippen molar-refractivity contribution in [3.63, 3.8) is 0 Å². The maximum atomic E-state index is 13.0. The lowest BCUT2D eigenvalue weighted by atomic mass is 10.1. The van der Waals surface area contributed by atoms with Crippen LogP contribution in [-0.4, -0.2) is 25.1 Å². The second kappa shape index (κ2) is 5.46. The van der Waals surface area contributed by atoms with Crippen LogP contribution in [0, 0.1) is 5.82 Å². The van der Waals surface area contributed by atoms with Crippen LogP contribution in [0.1, 0.15) is 12.0 Å². The van der Waals surface area contributed by atoms with E-state index in [1.165, 1.54) is 26.3 Å². The summed E-state index contributed by atoms with van der Waals surface area (Å²) in [5.41, 5.74) is 0.665. The standard InChI is InChI=1S/C11H15FN2O2/c1-14(13)11(15)6-3-8-7-9(12)4-5-10(8)16-2/h4-5,7H,3,6,13H2,1-2H3. The summed E-state index contributed by atoms with van der Waals surface area (Å²) in [4.78, 5) is 11.3. The van der Waals surface area contributed by atoms with Crippen molar-refractivity contribution in [2.24, 2.45) is 5.84 Å². The van der Waals surface area contributed by atoms with Gasteiger partial charge in [0.05, 0.1) is 7.11 Å². The van der Waals surface area contributed by atoms with E-state index in [1.807, 2.05) is 0 Å². The number of halogens is 1. The predicted octanol–water partition coefficient (Wildman–Crippen LogP) is 1.10. The van der Waals surface area contributed by atoms with Gasteiger partial charge in [-0.2, -0.15) is 0 Å². The van der Waals surface area contributed by atoms with E-state index in [2.05, 4.69) is 0 Å². The maximum Gasteiger partial charge on any atom is 0.236 e. The summed E-state index contributed by atoms with van der Waals surface area (Å²) >= 11 is 0. The average molecular weight is 226 g/mol. The summed E-state index contributed by atoms with van der Waals surface area (Å²) in [6.07, 6.45) is 0.633. The average Bonchev–Trinajstić information content (AvgIpc) is 2.25. The molecule has 4 nitrogen and oxygen atoms in total. The van der Waals surface area contributed by atoms with Gasteiger partial charge in [0.2, 0.25) is 5.91 Å². The van der Waals surface area contributed by atoms with Gasteiger partial charge < -0.3 is 4.74 Å². The summed E-state index contributed by atoms with van der Waals surface area (Å²) in [5, 5.41) is 1.02. The van der Waals surface area contributed by atoms with Gasteiger partial charge in [0, 0.05) is 13.5 Å². The van der Waals surface area contributed by atoms with Crippen LogP contribution in [0.3, 0.4) is 0 Å². The molecule has 0 aliphatic carbocycles. The van der Waals surface area contributed by atoms with Crippen molar-refractivity contribution >= 4 is 5.91 Å². The quantitative estimate of drug-likeness (QED) is 0.475. The van der Waals surface area contributed by atoms with Gasteiger partial charge in [-0.05, 0) is 30.2 Å². The molecular weight excluding hydrogens is 211 g/mol. The molecule has 0 saturated heterocycles. The minimum Gasteiger partial charge on any atom is -0.496 e. The largest absolute Gasteiger partial charge is 0.496 e. The highest BCUT2D eigenvalue weighted by Gasteiger charge is 2.09. The third-order valence-electron chi connectivity index (χ3n) is 2.24. The molecule has 0 heterocycles. The second-order valence-electron chi connectivity index (χ2n) is 3.46. The van der Waals surface area contributed by atoms with E-state index in [1.54, 1.807) is 6.07 Å². The number of nitrogens with two attached hydrogens (primary N) is 1. The molecule has 0 bridgehead atoms. The van der Waals surface area contributed by atoms with E-state index >= 15 is 0 Å². The summed E-state index contributed by atoms with van der Waals surface area (Å²) in [6, 6.07) is 4.23. The zero-order valence-corrected chi connectivity index (χ0v) is 9.37. The van der Waals surface area contributed by atoms with Crippen LogP contribution < -0.4 is 10.6 Å². The minimum atomic E-state index is -0.343. The lowest BCUT2D eigenvalue weighted by Gasteiger charge is -2.11. The van der Waals surface area contributed by atoms with Crippen LogP contribution in [0.5, 0.6) is 5.75 Å². The number of hydrazine groups is 1. The molecule has 1 aromatic carbocycles. The van der Waals surface area contributed by atoms with Crippen LogP contribution in [-0.2, 0) is 11.2 Å². The SMILES string of the molecule is COc1ccc(F)cc1CCC(=O)N(C)N. The highest BCUT2D eigenvalue weighted by Crippen LogP contribution is 2.20. The highest BCUT2D eigenvalue weighted by molar-refractivity contribution is 5.75. The number of hydrogen-bond donors (Lipinski definition) is 1. The third kappa shape index (κ3) is 3.20. The number of carbonyl (C=O) groups is 1. The van der Waals surface area contributed by atoms with Crippen molar-refractivity contribution in [1.29, 1.82) is 0 Å². The Hall–Kier alpha value is -1.62.